The van der Waals surface area contributed by atoms with Gasteiger partial charge in [0, 0.05) is 19.1 Å². The summed E-state index contributed by atoms with van der Waals surface area (Å²) in [5.41, 5.74) is 0. The SMILES string of the molecule is OCCOCCN1CCC(N2CCCC2)C1. The molecule has 2 aliphatic heterocycles. The molecule has 2 rings (SSSR count). The molecule has 1 unspecified atom stereocenters. The summed E-state index contributed by atoms with van der Waals surface area (Å²) in [5, 5.41) is 8.60. The molecule has 0 bridgehead atoms. The molecule has 2 heterocycles. The van der Waals surface area contributed by atoms with Crippen molar-refractivity contribution in [1.82, 2.24) is 9.80 Å². The van der Waals surface area contributed by atoms with Crippen LogP contribution >= 0.6 is 0 Å². The lowest BCUT2D eigenvalue weighted by molar-refractivity contribution is 0.0766. The van der Waals surface area contributed by atoms with E-state index in [1.165, 1.54) is 45.4 Å². The second kappa shape index (κ2) is 6.55. The number of aliphatic hydroxyl groups excluding tert-OH is 1. The molecule has 2 saturated heterocycles. The lowest BCUT2D eigenvalue weighted by atomic mass is 10.2. The van der Waals surface area contributed by atoms with Crippen LogP contribution in [0.3, 0.4) is 0 Å². The van der Waals surface area contributed by atoms with Crippen molar-refractivity contribution < 1.29 is 9.84 Å². The molecule has 0 amide bonds. The van der Waals surface area contributed by atoms with Crippen molar-refractivity contribution in [1.29, 1.82) is 0 Å². The summed E-state index contributed by atoms with van der Waals surface area (Å²) in [5.74, 6) is 0. The van der Waals surface area contributed by atoms with E-state index >= 15 is 0 Å². The zero-order valence-corrected chi connectivity index (χ0v) is 10.1. The molecule has 0 radical (unpaired) electrons. The van der Waals surface area contributed by atoms with Crippen LogP contribution in [0.2, 0.25) is 0 Å². The predicted molar refractivity (Wildman–Crippen MR) is 63.6 cm³/mol. The van der Waals surface area contributed by atoms with Gasteiger partial charge in [-0.1, -0.05) is 0 Å². The molecule has 0 aromatic carbocycles. The van der Waals surface area contributed by atoms with Crippen LogP contribution < -0.4 is 0 Å². The minimum Gasteiger partial charge on any atom is -0.394 e. The van der Waals surface area contributed by atoms with Crippen LogP contribution in [-0.4, -0.2) is 73.5 Å². The monoisotopic (exact) mass is 228 g/mol. The van der Waals surface area contributed by atoms with Crippen molar-refractivity contribution in [2.24, 2.45) is 0 Å². The van der Waals surface area contributed by atoms with Gasteiger partial charge < -0.3 is 9.84 Å². The maximum absolute atomic E-state index is 8.60. The fourth-order valence-corrected chi connectivity index (χ4v) is 2.78. The van der Waals surface area contributed by atoms with Crippen molar-refractivity contribution in [3.05, 3.63) is 0 Å². The van der Waals surface area contributed by atoms with Crippen molar-refractivity contribution in [2.75, 3.05) is 52.5 Å². The van der Waals surface area contributed by atoms with Crippen LogP contribution in [0.1, 0.15) is 19.3 Å². The lowest BCUT2D eigenvalue weighted by Crippen LogP contribution is -2.36. The zero-order chi connectivity index (χ0) is 11.2. The molecule has 1 atom stereocenters. The topological polar surface area (TPSA) is 35.9 Å². The van der Waals surface area contributed by atoms with Gasteiger partial charge >= 0.3 is 0 Å². The van der Waals surface area contributed by atoms with E-state index in [1.807, 2.05) is 0 Å². The number of rotatable bonds is 6. The molecule has 0 aromatic rings. The Labute approximate surface area is 98.2 Å². The van der Waals surface area contributed by atoms with Crippen LogP contribution in [0.4, 0.5) is 0 Å². The van der Waals surface area contributed by atoms with E-state index in [-0.39, 0.29) is 6.61 Å². The standard InChI is InChI=1S/C12H24N2O2/c15-8-10-16-9-7-13-6-3-12(11-13)14-4-1-2-5-14/h12,15H,1-11H2. The molecule has 4 nitrogen and oxygen atoms in total. The first-order chi connectivity index (χ1) is 7.90. The molecule has 16 heavy (non-hydrogen) atoms. The third-order valence-corrected chi connectivity index (χ3v) is 3.69. The van der Waals surface area contributed by atoms with Gasteiger partial charge in [-0.05, 0) is 38.9 Å². The Balaban J connectivity index is 1.59. The first-order valence-corrected chi connectivity index (χ1v) is 6.55. The van der Waals surface area contributed by atoms with Crippen molar-refractivity contribution in [2.45, 2.75) is 25.3 Å². The summed E-state index contributed by atoms with van der Waals surface area (Å²) < 4.78 is 5.30. The van der Waals surface area contributed by atoms with Gasteiger partial charge in [-0.2, -0.15) is 0 Å². The van der Waals surface area contributed by atoms with Crippen LogP contribution in [0, 0.1) is 0 Å². The first kappa shape index (κ1) is 12.3. The fourth-order valence-electron chi connectivity index (χ4n) is 2.78. The first-order valence-electron chi connectivity index (χ1n) is 6.55. The summed E-state index contributed by atoms with van der Waals surface area (Å²) in [4.78, 5) is 5.13. The average Bonchev–Trinajstić information content (AvgIpc) is 2.94. The van der Waals surface area contributed by atoms with E-state index in [9.17, 15) is 0 Å². The Kier molecular flexibility index (Phi) is 5.03. The number of likely N-dealkylation sites (tertiary alicyclic amines) is 2. The predicted octanol–water partition coefficient (Wildman–Crippen LogP) is 0.165. The summed E-state index contributed by atoms with van der Waals surface area (Å²) in [6, 6.07) is 0.792. The van der Waals surface area contributed by atoms with Crippen molar-refractivity contribution >= 4 is 0 Å². The van der Waals surface area contributed by atoms with E-state index < -0.39 is 0 Å². The largest absolute Gasteiger partial charge is 0.394 e. The van der Waals surface area contributed by atoms with Gasteiger partial charge in [0.2, 0.25) is 0 Å². The van der Waals surface area contributed by atoms with E-state index in [0.29, 0.717) is 6.61 Å². The van der Waals surface area contributed by atoms with Crippen LogP contribution in [0.15, 0.2) is 0 Å². The van der Waals surface area contributed by atoms with Gasteiger partial charge in [0.25, 0.3) is 0 Å². The third-order valence-electron chi connectivity index (χ3n) is 3.69. The summed E-state index contributed by atoms with van der Waals surface area (Å²) in [7, 11) is 0. The van der Waals surface area contributed by atoms with E-state index in [2.05, 4.69) is 9.80 Å². The lowest BCUT2D eigenvalue weighted by Gasteiger charge is -2.23. The normalized spacial score (nSPS) is 27.9. The molecule has 0 aromatic heterocycles. The smallest absolute Gasteiger partial charge is 0.0698 e. The summed E-state index contributed by atoms with van der Waals surface area (Å²) >= 11 is 0. The van der Waals surface area contributed by atoms with E-state index in [1.54, 1.807) is 0 Å². The number of aliphatic hydroxyl groups is 1. The van der Waals surface area contributed by atoms with Gasteiger partial charge in [-0.3, -0.25) is 9.80 Å². The van der Waals surface area contributed by atoms with Crippen LogP contribution in [0.5, 0.6) is 0 Å². The molecular weight excluding hydrogens is 204 g/mol. The fraction of sp³-hybridized carbons (Fsp3) is 1.00. The minimum absolute atomic E-state index is 0.135. The average molecular weight is 228 g/mol. The summed E-state index contributed by atoms with van der Waals surface area (Å²) in [6.07, 6.45) is 4.09. The maximum atomic E-state index is 8.60. The zero-order valence-electron chi connectivity index (χ0n) is 10.1. The highest BCUT2D eigenvalue weighted by molar-refractivity contribution is 4.85. The van der Waals surface area contributed by atoms with Crippen LogP contribution in [0.25, 0.3) is 0 Å². The van der Waals surface area contributed by atoms with E-state index in [0.717, 1.165) is 19.2 Å². The minimum atomic E-state index is 0.135. The van der Waals surface area contributed by atoms with Gasteiger partial charge in [0.1, 0.15) is 0 Å². The molecule has 0 saturated carbocycles. The highest BCUT2D eigenvalue weighted by atomic mass is 16.5. The highest BCUT2D eigenvalue weighted by Crippen LogP contribution is 2.19. The number of ether oxygens (including phenoxy) is 1. The summed E-state index contributed by atoms with van der Waals surface area (Å²) in [6.45, 7) is 7.42. The number of hydrogen-bond acceptors (Lipinski definition) is 4. The molecule has 1 N–H and O–H groups in total. The van der Waals surface area contributed by atoms with Crippen molar-refractivity contribution in [3.8, 4) is 0 Å². The van der Waals surface area contributed by atoms with E-state index in [4.69, 9.17) is 9.84 Å². The van der Waals surface area contributed by atoms with Gasteiger partial charge in [-0.25, -0.2) is 0 Å². The van der Waals surface area contributed by atoms with Gasteiger partial charge in [0.15, 0.2) is 0 Å². The molecule has 0 aliphatic carbocycles. The Hall–Kier alpha value is -0.160. The second-order valence-corrected chi connectivity index (χ2v) is 4.82. The Bertz CT molecular complexity index is 195. The Morgan fingerprint density at radius 3 is 2.69 bits per heavy atom. The third kappa shape index (κ3) is 3.42. The van der Waals surface area contributed by atoms with Gasteiger partial charge in [-0.15, -0.1) is 0 Å². The van der Waals surface area contributed by atoms with Crippen LogP contribution in [-0.2, 0) is 4.74 Å². The highest BCUT2D eigenvalue weighted by Gasteiger charge is 2.28. The molecule has 4 heteroatoms. The molecular formula is C12H24N2O2. The van der Waals surface area contributed by atoms with Gasteiger partial charge in [0.05, 0.1) is 19.8 Å². The molecule has 2 fully saturated rings. The molecule has 0 spiro atoms. The molecule has 94 valence electrons. The Morgan fingerprint density at radius 2 is 1.94 bits per heavy atom. The quantitative estimate of drug-likeness (QED) is 0.657. The second-order valence-electron chi connectivity index (χ2n) is 4.82. The molecule has 2 aliphatic rings. The van der Waals surface area contributed by atoms with Crippen molar-refractivity contribution in [3.63, 3.8) is 0 Å². The number of hydrogen-bond donors (Lipinski definition) is 1. The maximum Gasteiger partial charge on any atom is 0.0698 e. The number of nitrogens with zero attached hydrogens (tertiary/aromatic N) is 2. The Morgan fingerprint density at radius 1 is 1.12 bits per heavy atom.